The van der Waals surface area contributed by atoms with Gasteiger partial charge in [0.05, 0.1) is 5.56 Å². The van der Waals surface area contributed by atoms with E-state index in [1.165, 1.54) is 0 Å². The molecule has 0 radical (unpaired) electrons. The Labute approximate surface area is 143 Å². The molecule has 0 spiro atoms. The fourth-order valence-corrected chi connectivity index (χ4v) is 2.31. The van der Waals surface area contributed by atoms with Gasteiger partial charge in [-0.15, -0.1) is 0 Å². The molecule has 1 amide bonds. The number of hydrogen-bond acceptors (Lipinski definition) is 3. The van der Waals surface area contributed by atoms with Crippen molar-refractivity contribution in [2.24, 2.45) is 5.73 Å². The molecule has 0 saturated heterocycles. The van der Waals surface area contributed by atoms with Gasteiger partial charge in [0.1, 0.15) is 12.4 Å². The fourth-order valence-electron chi connectivity index (χ4n) is 2.31. The van der Waals surface area contributed by atoms with Crippen LogP contribution in [0.4, 0.5) is 0 Å². The van der Waals surface area contributed by atoms with Gasteiger partial charge in [-0.3, -0.25) is 4.79 Å². The predicted octanol–water partition coefficient (Wildman–Crippen LogP) is 3.12. The average molecular weight is 324 g/mol. The van der Waals surface area contributed by atoms with Crippen LogP contribution in [0.25, 0.3) is 6.08 Å². The first kappa shape index (κ1) is 17.8. The quantitative estimate of drug-likeness (QED) is 0.851. The number of rotatable bonds is 7. The zero-order valence-corrected chi connectivity index (χ0v) is 14.2. The van der Waals surface area contributed by atoms with E-state index >= 15 is 0 Å². The molecule has 2 N–H and O–H groups in total. The molecule has 0 bridgehead atoms. The minimum atomic E-state index is -0.0663. The van der Waals surface area contributed by atoms with Crippen LogP contribution in [-0.4, -0.2) is 37.6 Å². The largest absolute Gasteiger partial charge is 0.491 e. The molecule has 24 heavy (non-hydrogen) atoms. The lowest BCUT2D eigenvalue weighted by Crippen LogP contribution is -2.27. The maximum atomic E-state index is 12.7. The summed E-state index contributed by atoms with van der Waals surface area (Å²) in [6, 6.07) is 15.6. The number of nitrogens with zero attached hydrogens (tertiary/aromatic N) is 1. The monoisotopic (exact) mass is 324 g/mol. The van der Waals surface area contributed by atoms with Gasteiger partial charge in [0.15, 0.2) is 0 Å². The molecule has 0 atom stereocenters. The van der Waals surface area contributed by atoms with Crippen LogP contribution in [0.2, 0.25) is 0 Å². The average Bonchev–Trinajstić information content (AvgIpc) is 2.60. The number of carbonyl (C=O) groups excluding carboxylic acids is 1. The van der Waals surface area contributed by atoms with Crippen molar-refractivity contribution in [3.63, 3.8) is 0 Å². The Morgan fingerprint density at radius 2 is 1.96 bits per heavy atom. The van der Waals surface area contributed by atoms with Crippen LogP contribution in [0, 0.1) is 6.92 Å². The summed E-state index contributed by atoms with van der Waals surface area (Å²) in [6.45, 7) is 3.29. The van der Waals surface area contributed by atoms with Crippen LogP contribution in [0.1, 0.15) is 21.5 Å². The number of carbonyl (C=O) groups is 1. The Balaban J connectivity index is 2.07. The maximum Gasteiger partial charge on any atom is 0.257 e. The number of aryl methyl sites for hydroxylation is 1. The number of nitrogens with two attached hydrogens (primary N) is 1. The summed E-state index contributed by atoms with van der Waals surface area (Å²) in [5, 5.41) is 0. The summed E-state index contributed by atoms with van der Waals surface area (Å²) in [5.41, 5.74) is 8.18. The van der Waals surface area contributed by atoms with Crippen molar-refractivity contribution in [2.75, 3.05) is 26.7 Å². The van der Waals surface area contributed by atoms with Crippen LogP contribution in [0.5, 0.6) is 5.75 Å². The molecule has 0 heterocycles. The SMILES string of the molecule is Cc1ccc(OCCN)c(C(=O)N(C)CC=Cc2ccccc2)c1. The zero-order valence-electron chi connectivity index (χ0n) is 14.2. The molecule has 126 valence electrons. The first-order chi connectivity index (χ1) is 11.6. The van der Waals surface area contributed by atoms with E-state index in [0.29, 0.717) is 31.0 Å². The summed E-state index contributed by atoms with van der Waals surface area (Å²) in [6.07, 6.45) is 3.98. The van der Waals surface area contributed by atoms with E-state index in [1.54, 1.807) is 11.9 Å². The molecule has 0 aromatic heterocycles. The third-order valence-corrected chi connectivity index (χ3v) is 3.58. The van der Waals surface area contributed by atoms with Gasteiger partial charge in [0.2, 0.25) is 0 Å². The summed E-state index contributed by atoms with van der Waals surface area (Å²) in [4.78, 5) is 14.4. The normalized spacial score (nSPS) is 10.8. The van der Waals surface area contributed by atoms with E-state index in [0.717, 1.165) is 11.1 Å². The second kappa shape index (κ2) is 8.89. The van der Waals surface area contributed by atoms with Crippen molar-refractivity contribution < 1.29 is 9.53 Å². The Bertz CT molecular complexity index is 696. The van der Waals surface area contributed by atoms with Crippen molar-refractivity contribution in [3.05, 3.63) is 71.3 Å². The molecule has 4 nitrogen and oxygen atoms in total. The Morgan fingerprint density at radius 1 is 1.21 bits per heavy atom. The molecule has 0 fully saturated rings. The number of amides is 1. The second-order valence-corrected chi connectivity index (χ2v) is 5.64. The topological polar surface area (TPSA) is 55.6 Å². The lowest BCUT2D eigenvalue weighted by Gasteiger charge is -2.18. The van der Waals surface area contributed by atoms with Crippen LogP contribution in [-0.2, 0) is 0 Å². The highest BCUT2D eigenvalue weighted by Gasteiger charge is 2.16. The Morgan fingerprint density at radius 3 is 2.67 bits per heavy atom. The summed E-state index contributed by atoms with van der Waals surface area (Å²) < 4.78 is 5.60. The predicted molar refractivity (Wildman–Crippen MR) is 98.2 cm³/mol. The van der Waals surface area contributed by atoms with E-state index in [4.69, 9.17) is 10.5 Å². The first-order valence-electron chi connectivity index (χ1n) is 8.02. The van der Waals surface area contributed by atoms with Gasteiger partial charge in [-0.1, -0.05) is 54.1 Å². The summed E-state index contributed by atoms with van der Waals surface area (Å²) >= 11 is 0. The van der Waals surface area contributed by atoms with Gasteiger partial charge >= 0.3 is 0 Å². The van der Waals surface area contributed by atoms with Gasteiger partial charge in [-0.05, 0) is 24.6 Å². The molecule has 0 saturated carbocycles. The molecule has 0 unspecified atom stereocenters. The summed E-state index contributed by atoms with van der Waals surface area (Å²) in [5.74, 6) is 0.512. The first-order valence-corrected chi connectivity index (χ1v) is 8.02. The lowest BCUT2D eigenvalue weighted by atomic mass is 10.1. The standard InChI is InChI=1S/C20H24N2O2/c1-16-10-11-19(24-14-12-21)18(15-16)20(23)22(2)13-6-9-17-7-4-3-5-8-17/h3-11,15H,12-14,21H2,1-2H3. The smallest absolute Gasteiger partial charge is 0.257 e. The minimum Gasteiger partial charge on any atom is -0.491 e. The number of hydrogen-bond donors (Lipinski definition) is 1. The van der Waals surface area contributed by atoms with E-state index < -0.39 is 0 Å². The highest BCUT2D eigenvalue weighted by atomic mass is 16.5. The van der Waals surface area contributed by atoms with E-state index in [1.807, 2.05) is 67.6 Å². The zero-order chi connectivity index (χ0) is 17.4. The third kappa shape index (κ3) is 4.96. The molecular weight excluding hydrogens is 300 g/mol. The van der Waals surface area contributed by atoms with Gasteiger partial charge in [0, 0.05) is 20.1 Å². The molecule has 0 aliphatic carbocycles. The van der Waals surface area contributed by atoms with Crippen molar-refractivity contribution in [2.45, 2.75) is 6.92 Å². The molecular formula is C20H24N2O2. The van der Waals surface area contributed by atoms with Crippen molar-refractivity contribution in [1.82, 2.24) is 4.90 Å². The molecule has 0 aliphatic heterocycles. The van der Waals surface area contributed by atoms with E-state index in [2.05, 4.69) is 0 Å². The summed E-state index contributed by atoms with van der Waals surface area (Å²) in [7, 11) is 1.78. The van der Waals surface area contributed by atoms with E-state index in [9.17, 15) is 4.79 Å². The third-order valence-electron chi connectivity index (χ3n) is 3.58. The Hall–Kier alpha value is -2.59. The number of likely N-dealkylation sites (N-methyl/N-ethyl adjacent to an activating group) is 1. The van der Waals surface area contributed by atoms with Gasteiger partial charge in [-0.25, -0.2) is 0 Å². The molecule has 4 heteroatoms. The lowest BCUT2D eigenvalue weighted by molar-refractivity contribution is 0.0806. The minimum absolute atomic E-state index is 0.0663. The highest BCUT2D eigenvalue weighted by molar-refractivity contribution is 5.97. The van der Waals surface area contributed by atoms with Gasteiger partial charge < -0.3 is 15.4 Å². The number of ether oxygens (including phenoxy) is 1. The molecule has 0 aliphatic rings. The highest BCUT2D eigenvalue weighted by Crippen LogP contribution is 2.21. The van der Waals surface area contributed by atoms with Crippen LogP contribution in [0.3, 0.4) is 0 Å². The van der Waals surface area contributed by atoms with Crippen molar-refractivity contribution >= 4 is 12.0 Å². The van der Waals surface area contributed by atoms with Crippen LogP contribution in [0.15, 0.2) is 54.6 Å². The van der Waals surface area contributed by atoms with Crippen LogP contribution >= 0.6 is 0 Å². The van der Waals surface area contributed by atoms with Gasteiger partial charge in [0.25, 0.3) is 5.91 Å². The van der Waals surface area contributed by atoms with Crippen molar-refractivity contribution in [3.8, 4) is 5.75 Å². The van der Waals surface area contributed by atoms with Crippen LogP contribution < -0.4 is 10.5 Å². The fraction of sp³-hybridized carbons (Fsp3) is 0.250. The molecule has 2 aromatic carbocycles. The van der Waals surface area contributed by atoms with E-state index in [-0.39, 0.29) is 5.91 Å². The second-order valence-electron chi connectivity index (χ2n) is 5.64. The Kier molecular flexibility index (Phi) is 6.58. The maximum absolute atomic E-state index is 12.7. The molecule has 2 aromatic rings. The van der Waals surface area contributed by atoms with Crippen molar-refractivity contribution in [1.29, 1.82) is 0 Å². The molecule has 2 rings (SSSR count). The van der Waals surface area contributed by atoms with Gasteiger partial charge in [-0.2, -0.15) is 0 Å². The number of benzene rings is 2.